The molecule has 120 valence electrons. The van der Waals surface area contributed by atoms with Crippen LogP contribution in [-0.4, -0.2) is 15.0 Å². The molecule has 0 radical (unpaired) electrons. The Morgan fingerprint density at radius 3 is 2.17 bits per heavy atom. The van der Waals surface area contributed by atoms with Gasteiger partial charge < -0.3 is 0 Å². The van der Waals surface area contributed by atoms with Crippen molar-refractivity contribution in [3.8, 4) is 6.07 Å². The third kappa shape index (κ3) is 4.12. The molecule has 23 heavy (non-hydrogen) atoms. The summed E-state index contributed by atoms with van der Waals surface area (Å²) in [5.74, 6) is -3.49. The number of hydrogen-bond donors (Lipinski definition) is 0. The quantitative estimate of drug-likeness (QED) is 0.785. The number of nitriles is 1. The minimum absolute atomic E-state index is 0.182. The molecule has 0 amide bonds. The van der Waals surface area contributed by atoms with E-state index in [1.54, 1.807) is 19.1 Å². The van der Waals surface area contributed by atoms with E-state index in [9.17, 15) is 17.2 Å². The molecule has 7 heteroatoms. The summed E-state index contributed by atoms with van der Waals surface area (Å²) in [5, 5.41) is 8.65. The highest BCUT2D eigenvalue weighted by atomic mass is 32.2. The van der Waals surface area contributed by atoms with Gasteiger partial charge in [-0.1, -0.05) is 29.8 Å². The Balaban J connectivity index is 2.14. The zero-order chi connectivity index (χ0) is 17.1. The van der Waals surface area contributed by atoms with E-state index in [4.69, 9.17) is 5.26 Å². The van der Waals surface area contributed by atoms with Crippen LogP contribution in [0, 0.1) is 18.3 Å². The van der Waals surface area contributed by atoms with Crippen molar-refractivity contribution in [2.24, 2.45) is 0 Å². The highest BCUT2D eigenvalue weighted by Gasteiger charge is 2.34. The lowest BCUT2D eigenvalue weighted by atomic mass is 10.1. The average Bonchev–Trinajstić information content (AvgIpc) is 2.54. The van der Waals surface area contributed by atoms with Gasteiger partial charge in [0.05, 0.1) is 16.5 Å². The summed E-state index contributed by atoms with van der Waals surface area (Å²) in [6, 6.07) is 12.1. The number of benzene rings is 2. The number of rotatable bonds is 5. The lowest BCUT2D eigenvalue weighted by Gasteiger charge is -2.16. The highest BCUT2D eigenvalue weighted by Crippen LogP contribution is 2.29. The maximum atomic E-state index is 14.0. The van der Waals surface area contributed by atoms with Crippen LogP contribution in [0.15, 0.2) is 53.4 Å². The molecule has 0 spiro atoms. The number of nitrogens with zero attached hydrogens (tertiary/aromatic N) is 1. The summed E-state index contributed by atoms with van der Waals surface area (Å²) in [4.78, 5) is -0.182. The van der Waals surface area contributed by atoms with Crippen molar-refractivity contribution < 1.29 is 21.4 Å². The second kappa shape index (κ2) is 6.44. The fourth-order valence-electron chi connectivity index (χ4n) is 1.80. The summed E-state index contributed by atoms with van der Waals surface area (Å²) in [6.45, 7) is 0.464. The summed E-state index contributed by atoms with van der Waals surface area (Å²) in [6.07, 6.45) is 0. The largest absolute Gasteiger partial charge is 0.297 e. The number of halogens is 2. The first-order valence-corrected chi connectivity index (χ1v) is 8.00. The highest BCUT2D eigenvalue weighted by molar-refractivity contribution is 7.86. The molecule has 2 rings (SSSR count). The third-order valence-electron chi connectivity index (χ3n) is 3.14. The molecule has 0 unspecified atom stereocenters. The second-order valence-corrected chi connectivity index (χ2v) is 6.54. The van der Waals surface area contributed by atoms with Gasteiger partial charge >= 0.3 is 0 Å². The summed E-state index contributed by atoms with van der Waals surface area (Å²) < 4.78 is 56.4. The van der Waals surface area contributed by atoms with Gasteiger partial charge in [-0.25, -0.2) is 0 Å². The minimum Gasteiger partial charge on any atom is -0.260 e. The van der Waals surface area contributed by atoms with E-state index in [0.717, 1.165) is 17.7 Å². The summed E-state index contributed by atoms with van der Waals surface area (Å²) in [5.41, 5.74) is 0.653. The van der Waals surface area contributed by atoms with Crippen LogP contribution in [0.5, 0.6) is 0 Å². The van der Waals surface area contributed by atoms with Crippen LogP contribution >= 0.6 is 0 Å². The Morgan fingerprint density at radius 2 is 1.65 bits per heavy atom. The molecule has 2 aromatic rings. The summed E-state index contributed by atoms with van der Waals surface area (Å²) >= 11 is 0. The molecule has 4 nitrogen and oxygen atoms in total. The molecule has 0 aliphatic carbocycles. The standard InChI is InChI=1S/C16H13F2NO3S/c1-12-2-8-15(9-3-12)23(20,21)22-11-16(17,18)14-6-4-13(10-19)5-7-14/h2-9H,11H2,1H3. The Kier molecular flexibility index (Phi) is 4.78. The zero-order valence-corrected chi connectivity index (χ0v) is 13.0. The topological polar surface area (TPSA) is 67.2 Å². The van der Waals surface area contributed by atoms with Gasteiger partial charge in [0.25, 0.3) is 16.0 Å². The van der Waals surface area contributed by atoms with Crippen molar-refractivity contribution in [3.63, 3.8) is 0 Å². The van der Waals surface area contributed by atoms with Crippen LogP contribution in [0.25, 0.3) is 0 Å². The Labute approximate surface area is 133 Å². The normalized spacial score (nSPS) is 11.9. The first kappa shape index (κ1) is 17.1. The van der Waals surface area contributed by atoms with E-state index in [1.807, 2.05) is 6.07 Å². The van der Waals surface area contributed by atoms with Crippen molar-refractivity contribution in [3.05, 3.63) is 65.2 Å². The van der Waals surface area contributed by atoms with E-state index in [2.05, 4.69) is 4.18 Å². The fraction of sp³-hybridized carbons (Fsp3) is 0.188. The van der Waals surface area contributed by atoms with Gasteiger partial charge in [0.2, 0.25) is 0 Å². The van der Waals surface area contributed by atoms with Gasteiger partial charge in [-0.05, 0) is 31.2 Å². The van der Waals surface area contributed by atoms with Crippen molar-refractivity contribution in [2.75, 3.05) is 6.61 Å². The third-order valence-corrected chi connectivity index (χ3v) is 4.42. The SMILES string of the molecule is Cc1ccc(S(=O)(=O)OCC(F)(F)c2ccc(C#N)cc2)cc1. The number of aryl methyl sites for hydroxylation is 1. The van der Waals surface area contributed by atoms with E-state index >= 15 is 0 Å². The van der Waals surface area contributed by atoms with Gasteiger partial charge in [-0.3, -0.25) is 4.18 Å². The zero-order valence-electron chi connectivity index (χ0n) is 12.2. The molecule has 0 saturated carbocycles. The van der Waals surface area contributed by atoms with Crippen LogP contribution in [0.3, 0.4) is 0 Å². The average molecular weight is 337 g/mol. The van der Waals surface area contributed by atoms with Crippen LogP contribution < -0.4 is 0 Å². The lowest BCUT2D eigenvalue weighted by molar-refractivity contribution is -0.0450. The van der Waals surface area contributed by atoms with Crippen LogP contribution in [-0.2, 0) is 20.2 Å². The molecule has 0 N–H and O–H groups in total. The van der Waals surface area contributed by atoms with Crippen LogP contribution in [0.1, 0.15) is 16.7 Å². The molecular formula is C16H13F2NO3S. The van der Waals surface area contributed by atoms with Gasteiger partial charge in [-0.2, -0.15) is 22.5 Å². The smallest absolute Gasteiger partial charge is 0.260 e. The molecule has 0 bridgehead atoms. The fourth-order valence-corrected chi connectivity index (χ4v) is 2.71. The molecule has 0 fully saturated rings. The van der Waals surface area contributed by atoms with Crippen molar-refractivity contribution in [1.29, 1.82) is 5.26 Å². The molecular weight excluding hydrogens is 324 g/mol. The van der Waals surface area contributed by atoms with E-state index < -0.39 is 28.2 Å². The van der Waals surface area contributed by atoms with Gasteiger partial charge in [-0.15, -0.1) is 0 Å². The van der Waals surface area contributed by atoms with E-state index in [-0.39, 0.29) is 10.5 Å². The van der Waals surface area contributed by atoms with Crippen LogP contribution in [0.4, 0.5) is 8.78 Å². The monoisotopic (exact) mass is 337 g/mol. The molecule has 0 heterocycles. The van der Waals surface area contributed by atoms with Crippen molar-refractivity contribution in [2.45, 2.75) is 17.7 Å². The molecule has 0 aliphatic rings. The van der Waals surface area contributed by atoms with E-state index in [1.165, 1.54) is 24.3 Å². The Hall–Kier alpha value is -2.30. The maximum Gasteiger partial charge on any atom is 0.297 e. The van der Waals surface area contributed by atoms with Crippen LogP contribution in [0.2, 0.25) is 0 Å². The summed E-state index contributed by atoms with van der Waals surface area (Å²) in [7, 11) is -4.26. The molecule has 0 aromatic heterocycles. The first-order valence-electron chi connectivity index (χ1n) is 6.59. The lowest BCUT2D eigenvalue weighted by Crippen LogP contribution is -2.23. The Morgan fingerprint density at radius 1 is 1.09 bits per heavy atom. The van der Waals surface area contributed by atoms with Crippen molar-refractivity contribution in [1.82, 2.24) is 0 Å². The predicted octanol–water partition coefficient (Wildman–Crippen LogP) is 3.36. The second-order valence-electron chi connectivity index (χ2n) is 4.92. The molecule has 2 aromatic carbocycles. The number of hydrogen-bond acceptors (Lipinski definition) is 4. The molecule has 0 saturated heterocycles. The number of alkyl halides is 2. The van der Waals surface area contributed by atoms with Gasteiger partial charge in [0.1, 0.15) is 6.61 Å². The van der Waals surface area contributed by atoms with Gasteiger partial charge in [0.15, 0.2) is 0 Å². The van der Waals surface area contributed by atoms with Gasteiger partial charge in [0, 0.05) is 5.56 Å². The van der Waals surface area contributed by atoms with Crippen molar-refractivity contribution >= 4 is 10.1 Å². The predicted molar refractivity (Wildman–Crippen MR) is 79.4 cm³/mol. The van der Waals surface area contributed by atoms with E-state index in [0.29, 0.717) is 0 Å². The maximum absolute atomic E-state index is 14.0. The molecule has 0 aliphatic heterocycles. The Bertz CT molecular complexity index is 823. The molecule has 0 atom stereocenters. The first-order chi connectivity index (χ1) is 10.7. The minimum atomic E-state index is -4.26.